The van der Waals surface area contributed by atoms with Crippen molar-refractivity contribution in [3.63, 3.8) is 0 Å². The number of anilines is 1. The quantitative estimate of drug-likeness (QED) is 0.860. The molecule has 1 amide bonds. The summed E-state index contributed by atoms with van der Waals surface area (Å²) in [6.07, 6.45) is 0.450. The number of ether oxygens (including phenoxy) is 1. The molecule has 5 heteroatoms. The van der Waals surface area contributed by atoms with Gasteiger partial charge in [0.25, 0.3) is 0 Å². The normalized spacial score (nSPS) is 18.4. The van der Waals surface area contributed by atoms with Crippen LogP contribution in [0, 0.1) is 6.92 Å². The second-order valence-electron chi connectivity index (χ2n) is 5.06. The maximum atomic E-state index is 12.0. The fourth-order valence-electron chi connectivity index (χ4n) is 2.44. The van der Waals surface area contributed by atoms with Gasteiger partial charge in [-0.1, -0.05) is 30.3 Å². The summed E-state index contributed by atoms with van der Waals surface area (Å²) in [6.45, 7) is 2.37. The molecule has 3 rings (SSSR count). The fourth-order valence-corrected chi connectivity index (χ4v) is 2.44. The smallest absolute Gasteiger partial charge is 0.416 e. The van der Waals surface area contributed by atoms with E-state index in [0.717, 1.165) is 12.1 Å². The predicted octanol–water partition coefficient (Wildman–Crippen LogP) is 2.30. The van der Waals surface area contributed by atoms with Gasteiger partial charge < -0.3 is 4.74 Å². The third-order valence-corrected chi connectivity index (χ3v) is 3.62. The molecule has 0 bridgehead atoms. The lowest BCUT2D eigenvalue weighted by atomic mass is 10.1. The first-order chi connectivity index (χ1) is 9.65. The van der Waals surface area contributed by atoms with E-state index in [-0.39, 0.29) is 12.1 Å². The minimum atomic E-state index is -0.316. The number of amides is 1. The number of cyclic esters (lactones) is 1. The lowest BCUT2D eigenvalue weighted by Gasteiger charge is -2.18. The van der Waals surface area contributed by atoms with E-state index in [4.69, 9.17) is 4.74 Å². The number of rotatable bonds is 3. The van der Waals surface area contributed by atoms with Crippen molar-refractivity contribution in [3.8, 4) is 0 Å². The summed E-state index contributed by atoms with van der Waals surface area (Å²) in [5, 5.41) is 4.38. The van der Waals surface area contributed by atoms with Crippen LogP contribution in [0.2, 0.25) is 0 Å². The zero-order chi connectivity index (χ0) is 14.1. The number of benzene rings is 1. The van der Waals surface area contributed by atoms with Gasteiger partial charge in [-0.2, -0.15) is 5.10 Å². The summed E-state index contributed by atoms with van der Waals surface area (Å²) < 4.78 is 6.96. The molecule has 1 aromatic heterocycles. The number of aromatic nitrogens is 2. The third kappa shape index (κ3) is 2.27. The monoisotopic (exact) mass is 271 g/mol. The highest BCUT2D eigenvalue weighted by molar-refractivity contribution is 5.89. The molecule has 1 aliphatic heterocycles. The van der Waals surface area contributed by atoms with Gasteiger partial charge in [0.05, 0.1) is 6.04 Å². The van der Waals surface area contributed by atoms with Crippen LogP contribution in [0.5, 0.6) is 0 Å². The molecule has 0 aliphatic carbocycles. The Bertz CT molecular complexity index is 602. The molecule has 1 aromatic carbocycles. The van der Waals surface area contributed by atoms with E-state index < -0.39 is 0 Å². The molecule has 2 heterocycles. The molecule has 0 N–H and O–H groups in total. The molecule has 0 unspecified atom stereocenters. The van der Waals surface area contributed by atoms with Crippen molar-refractivity contribution in [2.75, 3.05) is 11.5 Å². The van der Waals surface area contributed by atoms with Gasteiger partial charge >= 0.3 is 6.09 Å². The van der Waals surface area contributed by atoms with Crippen molar-refractivity contribution in [2.24, 2.45) is 7.05 Å². The van der Waals surface area contributed by atoms with Crippen LogP contribution in [0.25, 0.3) is 0 Å². The average Bonchev–Trinajstić information content (AvgIpc) is 2.95. The average molecular weight is 271 g/mol. The second kappa shape index (κ2) is 5.00. The molecule has 0 saturated carbocycles. The molecule has 104 valence electrons. The van der Waals surface area contributed by atoms with Crippen LogP contribution in [0.4, 0.5) is 10.6 Å². The van der Waals surface area contributed by atoms with Gasteiger partial charge in [-0.15, -0.1) is 0 Å². The molecule has 1 fully saturated rings. The summed E-state index contributed by atoms with van der Waals surface area (Å²) in [5.41, 5.74) is 2.20. The van der Waals surface area contributed by atoms with Crippen molar-refractivity contribution in [1.29, 1.82) is 0 Å². The van der Waals surface area contributed by atoms with Crippen molar-refractivity contribution in [1.82, 2.24) is 9.78 Å². The summed E-state index contributed by atoms with van der Waals surface area (Å²) >= 11 is 0. The zero-order valence-electron chi connectivity index (χ0n) is 11.6. The Labute approximate surface area is 117 Å². The number of carbonyl (C=O) groups excluding carboxylic acids is 1. The molecule has 20 heavy (non-hydrogen) atoms. The van der Waals surface area contributed by atoms with Crippen LogP contribution < -0.4 is 4.90 Å². The Balaban J connectivity index is 1.85. The first-order valence-electron chi connectivity index (χ1n) is 6.65. The first kappa shape index (κ1) is 12.7. The molecular weight excluding hydrogens is 254 g/mol. The predicted molar refractivity (Wildman–Crippen MR) is 75.7 cm³/mol. The second-order valence-corrected chi connectivity index (χ2v) is 5.06. The van der Waals surface area contributed by atoms with Crippen LogP contribution in [0.1, 0.15) is 11.3 Å². The van der Waals surface area contributed by atoms with Gasteiger partial charge in [-0.3, -0.25) is 9.58 Å². The van der Waals surface area contributed by atoms with E-state index in [2.05, 4.69) is 17.2 Å². The molecule has 1 atom stereocenters. The van der Waals surface area contributed by atoms with Crippen molar-refractivity contribution in [3.05, 3.63) is 47.7 Å². The highest BCUT2D eigenvalue weighted by atomic mass is 16.6. The van der Waals surface area contributed by atoms with Crippen molar-refractivity contribution >= 4 is 11.9 Å². The van der Waals surface area contributed by atoms with E-state index in [0.29, 0.717) is 12.4 Å². The largest absolute Gasteiger partial charge is 0.447 e. The zero-order valence-corrected chi connectivity index (χ0v) is 11.6. The lowest BCUT2D eigenvalue weighted by Crippen LogP contribution is -2.35. The number of nitrogens with zero attached hydrogens (tertiary/aromatic N) is 3. The van der Waals surface area contributed by atoms with E-state index in [9.17, 15) is 4.79 Å². The molecule has 0 spiro atoms. The third-order valence-electron chi connectivity index (χ3n) is 3.62. The topological polar surface area (TPSA) is 47.4 Å². The number of hydrogen-bond acceptors (Lipinski definition) is 3. The highest BCUT2D eigenvalue weighted by Gasteiger charge is 2.35. The minimum absolute atomic E-state index is 0.000741. The van der Waals surface area contributed by atoms with Gasteiger partial charge in [0.15, 0.2) is 5.82 Å². The van der Waals surface area contributed by atoms with Gasteiger partial charge in [-0.05, 0) is 18.9 Å². The van der Waals surface area contributed by atoms with Gasteiger partial charge in [0.2, 0.25) is 0 Å². The first-order valence-corrected chi connectivity index (χ1v) is 6.65. The van der Waals surface area contributed by atoms with Gasteiger partial charge in [0, 0.05) is 18.8 Å². The van der Waals surface area contributed by atoms with E-state index in [1.807, 2.05) is 38.2 Å². The fraction of sp³-hybridized carbons (Fsp3) is 0.333. The lowest BCUT2D eigenvalue weighted by molar-refractivity contribution is 0.178. The molecule has 5 nitrogen and oxygen atoms in total. The summed E-state index contributed by atoms with van der Waals surface area (Å²) in [7, 11) is 1.87. The Morgan fingerprint density at radius 1 is 1.35 bits per heavy atom. The van der Waals surface area contributed by atoms with Crippen molar-refractivity contribution < 1.29 is 9.53 Å². The van der Waals surface area contributed by atoms with E-state index >= 15 is 0 Å². The van der Waals surface area contributed by atoms with Crippen LogP contribution in [-0.2, 0) is 18.2 Å². The van der Waals surface area contributed by atoms with E-state index in [1.165, 1.54) is 5.56 Å². The van der Waals surface area contributed by atoms with Crippen molar-refractivity contribution in [2.45, 2.75) is 19.4 Å². The Morgan fingerprint density at radius 3 is 2.75 bits per heavy atom. The Hall–Kier alpha value is -2.30. The molecule has 2 aromatic rings. The van der Waals surface area contributed by atoms with E-state index in [1.54, 1.807) is 9.58 Å². The van der Waals surface area contributed by atoms with Crippen LogP contribution in [0.15, 0.2) is 36.4 Å². The van der Waals surface area contributed by atoms with Crippen LogP contribution in [0.3, 0.4) is 0 Å². The maximum absolute atomic E-state index is 12.0. The van der Waals surface area contributed by atoms with Gasteiger partial charge in [-0.25, -0.2) is 4.79 Å². The summed E-state index contributed by atoms with van der Waals surface area (Å²) in [5.74, 6) is 0.661. The molecule has 1 aliphatic rings. The Kier molecular flexibility index (Phi) is 3.18. The number of hydrogen-bond donors (Lipinski definition) is 0. The SMILES string of the molecule is Cc1cc(N2C(=O)OC[C@@H]2Cc2ccccc2)nn1C. The number of carbonyl (C=O) groups is 1. The summed E-state index contributed by atoms with van der Waals surface area (Å²) in [6, 6.07) is 12.0. The summed E-state index contributed by atoms with van der Waals surface area (Å²) in [4.78, 5) is 13.6. The molecule has 1 saturated heterocycles. The molecular formula is C15H17N3O2. The highest BCUT2D eigenvalue weighted by Crippen LogP contribution is 2.24. The Morgan fingerprint density at radius 2 is 2.10 bits per heavy atom. The number of aryl methyl sites for hydroxylation is 2. The molecule has 0 radical (unpaired) electrons. The van der Waals surface area contributed by atoms with Gasteiger partial charge in [0.1, 0.15) is 6.61 Å². The minimum Gasteiger partial charge on any atom is -0.447 e. The van der Waals surface area contributed by atoms with Crippen LogP contribution in [-0.4, -0.2) is 28.5 Å². The standard InChI is InChI=1S/C15H17N3O2/c1-11-8-14(16-17(11)2)18-13(10-20-15(18)19)9-12-6-4-3-5-7-12/h3-8,13H,9-10H2,1-2H3/t13-/m0/s1. The maximum Gasteiger partial charge on any atom is 0.416 e. The van der Waals surface area contributed by atoms with Crippen LogP contribution >= 0.6 is 0 Å².